The Kier molecular flexibility index (Phi) is 1.63. The maximum atomic E-state index is 11.4. The molecule has 1 aromatic rings. The Hall–Kier alpha value is -1.36. The van der Waals surface area contributed by atoms with Crippen molar-refractivity contribution in [1.29, 1.82) is 0 Å². The number of rotatable bonds is 2. The zero-order chi connectivity index (χ0) is 9.47. The molecule has 1 aromatic heterocycles. The van der Waals surface area contributed by atoms with Crippen molar-refractivity contribution in [2.75, 3.05) is 5.32 Å². The van der Waals surface area contributed by atoms with Crippen LogP contribution in [0.1, 0.15) is 18.5 Å². The second-order valence-corrected chi connectivity index (χ2v) is 3.55. The molecule has 5 heteroatoms. The minimum atomic E-state index is -0.632. The molecule has 0 unspecified atom stereocenters. The molecule has 0 spiro atoms. The van der Waals surface area contributed by atoms with Gasteiger partial charge in [-0.3, -0.25) is 9.89 Å². The molecule has 0 aliphatic heterocycles. The fraction of sp³-hybridized carbons (Fsp3) is 0.500. The number of hydrogen-bond acceptors (Lipinski definition) is 3. The first-order valence-electron chi connectivity index (χ1n) is 4.22. The van der Waals surface area contributed by atoms with E-state index in [0.717, 1.165) is 18.5 Å². The van der Waals surface area contributed by atoms with Crippen LogP contribution in [0.25, 0.3) is 0 Å². The highest BCUT2D eigenvalue weighted by Gasteiger charge is 2.46. The van der Waals surface area contributed by atoms with E-state index >= 15 is 0 Å². The van der Waals surface area contributed by atoms with Gasteiger partial charge in [0.05, 0.1) is 5.54 Å². The van der Waals surface area contributed by atoms with Gasteiger partial charge in [0.1, 0.15) is 0 Å². The molecule has 2 rings (SSSR count). The summed E-state index contributed by atoms with van der Waals surface area (Å²) in [6.45, 7) is 1.87. The number of nitrogens with one attached hydrogen (secondary N) is 2. The van der Waals surface area contributed by atoms with Crippen LogP contribution in [0.3, 0.4) is 0 Å². The van der Waals surface area contributed by atoms with E-state index in [2.05, 4.69) is 15.5 Å². The van der Waals surface area contributed by atoms with Crippen molar-refractivity contribution in [2.24, 2.45) is 5.73 Å². The minimum Gasteiger partial charge on any atom is -0.317 e. The van der Waals surface area contributed by atoms with Crippen LogP contribution in [0.2, 0.25) is 0 Å². The number of aromatic nitrogens is 2. The Morgan fingerprint density at radius 2 is 2.46 bits per heavy atom. The number of amides is 1. The first-order valence-corrected chi connectivity index (χ1v) is 4.22. The summed E-state index contributed by atoms with van der Waals surface area (Å²) in [7, 11) is 0. The number of aromatic amines is 1. The van der Waals surface area contributed by atoms with E-state index in [1.54, 1.807) is 6.07 Å². The highest BCUT2D eigenvalue weighted by atomic mass is 16.2. The van der Waals surface area contributed by atoms with Crippen molar-refractivity contribution in [1.82, 2.24) is 10.2 Å². The van der Waals surface area contributed by atoms with Gasteiger partial charge in [0.25, 0.3) is 0 Å². The molecule has 0 atom stereocenters. The standard InChI is InChI=1S/C8H12N4O/c1-5-4-6(12-11-5)10-7(13)8(9)2-3-8/h4H,2-3,9H2,1H3,(H2,10,11,12,13). The minimum absolute atomic E-state index is 0.140. The quantitative estimate of drug-likeness (QED) is 0.605. The summed E-state index contributed by atoms with van der Waals surface area (Å²) >= 11 is 0. The van der Waals surface area contributed by atoms with Crippen LogP contribution in [-0.2, 0) is 4.79 Å². The zero-order valence-electron chi connectivity index (χ0n) is 7.42. The third kappa shape index (κ3) is 1.55. The van der Waals surface area contributed by atoms with Gasteiger partial charge in [-0.2, -0.15) is 5.10 Å². The van der Waals surface area contributed by atoms with Crippen molar-refractivity contribution >= 4 is 11.7 Å². The van der Waals surface area contributed by atoms with Crippen molar-refractivity contribution in [2.45, 2.75) is 25.3 Å². The molecular formula is C8H12N4O. The molecule has 0 radical (unpaired) electrons. The van der Waals surface area contributed by atoms with Crippen LogP contribution in [-0.4, -0.2) is 21.6 Å². The van der Waals surface area contributed by atoms with E-state index < -0.39 is 5.54 Å². The fourth-order valence-electron chi connectivity index (χ4n) is 1.08. The van der Waals surface area contributed by atoms with E-state index in [1.807, 2.05) is 6.92 Å². The summed E-state index contributed by atoms with van der Waals surface area (Å²) in [4.78, 5) is 11.4. The molecule has 0 bridgehead atoms. The topological polar surface area (TPSA) is 83.8 Å². The normalized spacial score (nSPS) is 18.3. The van der Waals surface area contributed by atoms with Gasteiger partial charge in [-0.15, -0.1) is 0 Å². The predicted octanol–water partition coefficient (Wildman–Crippen LogP) is 0.148. The van der Waals surface area contributed by atoms with Crippen molar-refractivity contribution < 1.29 is 4.79 Å². The second-order valence-electron chi connectivity index (χ2n) is 3.55. The number of hydrogen-bond donors (Lipinski definition) is 3. The van der Waals surface area contributed by atoms with Crippen LogP contribution >= 0.6 is 0 Å². The SMILES string of the molecule is Cc1cc(NC(=O)C2(N)CC2)n[nH]1. The van der Waals surface area contributed by atoms with Crippen LogP contribution in [0.4, 0.5) is 5.82 Å². The molecular weight excluding hydrogens is 168 g/mol. The Bertz CT molecular complexity index is 340. The summed E-state index contributed by atoms with van der Waals surface area (Å²) < 4.78 is 0. The summed E-state index contributed by atoms with van der Waals surface area (Å²) in [5.74, 6) is 0.401. The van der Waals surface area contributed by atoms with Gasteiger partial charge in [0, 0.05) is 11.8 Å². The number of carbonyl (C=O) groups excluding carboxylic acids is 1. The molecule has 1 heterocycles. The van der Waals surface area contributed by atoms with Gasteiger partial charge in [0.15, 0.2) is 5.82 Å². The highest BCUT2D eigenvalue weighted by Crippen LogP contribution is 2.33. The lowest BCUT2D eigenvalue weighted by Crippen LogP contribution is -2.37. The first-order chi connectivity index (χ1) is 6.10. The predicted molar refractivity (Wildman–Crippen MR) is 48.1 cm³/mol. The van der Waals surface area contributed by atoms with Gasteiger partial charge < -0.3 is 11.1 Å². The van der Waals surface area contributed by atoms with E-state index in [9.17, 15) is 4.79 Å². The van der Waals surface area contributed by atoms with Crippen LogP contribution < -0.4 is 11.1 Å². The average Bonchev–Trinajstić information content (AvgIpc) is 2.69. The Morgan fingerprint density at radius 1 is 1.77 bits per heavy atom. The molecule has 0 saturated heterocycles. The number of nitrogens with zero attached hydrogens (tertiary/aromatic N) is 1. The molecule has 4 N–H and O–H groups in total. The lowest BCUT2D eigenvalue weighted by atomic mass is 10.3. The van der Waals surface area contributed by atoms with Crippen molar-refractivity contribution in [3.63, 3.8) is 0 Å². The van der Waals surface area contributed by atoms with E-state index in [-0.39, 0.29) is 5.91 Å². The lowest BCUT2D eigenvalue weighted by Gasteiger charge is -2.06. The van der Waals surface area contributed by atoms with Crippen LogP contribution in [0.15, 0.2) is 6.07 Å². The number of nitrogens with two attached hydrogens (primary N) is 1. The van der Waals surface area contributed by atoms with E-state index in [0.29, 0.717) is 5.82 Å². The number of anilines is 1. The van der Waals surface area contributed by atoms with Gasteiger partial charge in [-0.1, -0.05) is 0 Å². The maximum Gasteiger partial charge on any atom is 0.245 e. The molecule has 1 fully saturated rings. The number of aryl methyl sites for hydroxylation is 1. The number of carbonyl (C=O) groups is 1. The first kappa shape index (κ1) is 8.25. The molecule has 1 aliphatic rings. The second kappa shape index (κ2) is 2.56. The average molecular weight is 180 g/mol. The molecule has 13 heavy (non-hydrogen) atoms. The molecule has 1 amide bonds. The Morgan fingerprint density at radius 3 is 2.92 bits per heavy atom. The van der Waals surface area contributed by atoms with E-state index in [4.69, 9.17) is 5.73 Å². The highest BCUT2D eigenvalue weighted by molar-refractivity contribution is 5.99. The molecule has 1 saturated carbocycles. The zero-order valence-corrected chi connectivity index (χ0v) is 7.42. The third-order valence-corrected chi connectivity index (χ3v) is 2.19. The summed E-state index contributed by atoms with van der Waals surface area (Å²) in [6.07, 6.45) is 1.53. The van der Waals surface area contributed by atoms with Crippen molar-refractivity contribution in [3.8, 4) is 0 Å². The van der Waals surface area contributed by atoms with E-state index in [1.165, 1.54) is 0 Å². The fourth-order valence-corrected chi connectivity index (χ4v) is 1.08. The van der Waals surface area contributed by atoms with Crippen LogP contribution in [0.5, 0.6) is 0 Å². The lowest BCUT2D eigenvalue weighted by molar-refractivity contribution is -0.118. The van der Waals surface area contributed by atoms with Crippen molar-refractivity contribution in [3.05, 3.63) is 11.8 Å². The Labute approximate surface area is 75.7 Å². The molecule has 70 valence electrons. The smallest absolute Gasteiger partial charge is 0.245 e. The molecule has 5 nitrogen and oxygen atoms in total. The third-order valence-electron chi connectivity index (χ3n) is 2.19. The molecule has 1 aliphatic carbocycles. The van der Waals surface area contributed by atoms with Crippen LogP contribution in [0, 0.1) is 6.92 Å². The van der Waals surface area contributed by atoms with Gasteiger partial charge >= 0.3 is 0 Å². The van der Waals surface area contributed by atoms with Gasteiger partial charge in [0.2, 0.25) is 5.91 Å². The largest absolute Gasteiger partial charge is 0.317 e. The maximum absolute atomic E-state index is 11.4. The number of H-pyrrole nitrogens is 1. The monoisotopic (exact) mass is 180 g/mol. The van der Waals surface area contributed by atoms with Gasteiger partial charge in [-0.25, -0.2) is 0 Å². The summed E-state index contributed by atoms with van der Waals surface area (Å²) in [6, 6.07) is 1.77. The Balaban J connectivity index is 2.02. The summed E-state index contributed by atoms with van der Waals surface area (Å²) in [5, 5.41) is 9.28. The molecule has 0 aromatic carbocycles. The summed E-state index contributed by atoms with van der Waals surface area (Å²) in [5.41, 5.74) is 5.98. The van der Waals surface area contributed by atoms with Gasteiger partial charge in [-0.05, 0) is 19.8 Å².